The van der Waals surface area contributed by atoms with Gasteiger partial charge in [-0.25, -0.2) is 8.42 Å². The van der Waals surface area contributed by atoms with E-state index in [4.69, 9.17) is 9.47 Å². The smallest absolute Gasteiger partial charge is 0.246 e. The Labute approximate surface area is 153 Å². The van der Waals surface area contributed by atoms with Crippen LogP contribution in [0, 0.1) is 0 Å². The average Bonchev–Trinajstić information content (AvgIpc) is 3.25. The first-order chi connectivity index (χ1) is 12.5. The summed E-state index contributed by atoms with van der Waals surface area (Å²) in [5.74, 6) is 2.01. The standard InChI is InChI=1S/C18H22N2O5S/c21-18(4-2-14-1-3-16-17(11-14)25-13-24-16)20-8-6-19(7-9-20)15-5-10-26(22,23)12-15/h1-4,11,15H,5-10,12-13H2/p+1/b4-2+/t15-/m1/s1. The molecule has 0 aliphatic carbocycles. The molecule has 8 heteroatoms. The number of fused-ring (bicyclic) bond motifs is 1. The third-order valence-electron chi connectivity index (χ3n) is 5.34. The molecule has 7 nitrogen and oxygen atoms in total. The first-order valence-electron chi connectivity index (χ1n) is 8.92. The molecule has 3 aliphatic rings. The Morgan fingerprint density at radius 3 is 2.69 bits per heavy atom. The lowest BCUT2D eigenvalue weighted by Crippen LogP contribution is -3.18. The van der Waals surface area contributed by atoms with E-state index in [1.54, 1.807) is 12.2 Å². The van der Waals surface area contributed by atoms with Gasteiger partial charge in [0.25, 0.3) is 0 Å². The van der Waals surface area contributed by atoms with Gasteiger partial charge in [-0.2, -0.15) is 0 Å². The van der Waals surface area contributed by atoms with E-state index in [1.807, 2.05) is 23.1 Å². The van der Waals surface area contributed by atoms with E-state index >= 15 is 0 Å². The van der Waals surface area contributed by atoms with Gasteiger partial charge in [-0.1, -0.05) is 6.07 Å². The van der Waals surface area contributed by atoms with Crippen molar-refractivity contribution in [2.45, 2.75) is 12.5 Å². The zero-order valence-electron chi connectivity index (χ0n) is 14.5. The highest BCUT2D eigenvalue weighted by atomic mass is 32.2. The zero-order valence-corrected chi connectivity index (χ0v) is 15.3. The van der Waals surface area contributed by atoms with Crippen LogP contribution in [0.15, 0.2) is 24.3 Å². The maximum Gasteiger partial charge on any atom is 0.246 e. The van der Waals surface area contributed by atoms with E-state index in [-0.39, 0.29) is 18.7 Å². The number of rotatable bonds is 3. The van der Waals surface area contributed by atoms with Gasteiger partial charge in [0, 0.05) is 12.5 Å². The van der Waals surface area contributed by atoms with Gasteiger partial charge in [-0.15, -0.1) is 0 Å². The second kappa shape index (κ2) is 6.92. The molecule has 2 saturated heterocycles. The van der Waals surface area contributed by atoms with Gasteiger partial charge in [-0.3, -0.25) is 4.79 Å². The highest BCUT2D eigenvalue weighted by Crippen LogP contribution is 2.32. The summed E-state index contributed by atoms with van der Waals surface area (Å²) in [5, 5.41) is 0. The van der Waals surface area contributed by atoms with Gasteiger partial charge in [0.05, 0.1) is 31.9 Å². The minimum Gasteiger partial charge on any atom is -0.454 e. The Bertz CT molecular complexity index is 828. The van der Waals surface area contributed by atoms with Gasteiger partial charge in [0.15, 0.2) is 21.3 Å². The summed E-state index contributed by atoms with van der Waals surface area (Å²) in [4.78, 5) is 15.6. The van der Waals surface area contributed by atoms with Crippen LogP contribution in [0.25, 0.3) is 6.08 Å². The zero-order chi connectivity index (χ0) is 18.1. The molecular formula is C18H23N2O5S+. The van der Waals surface area contributed by atoms with Crippen molar-refractivity contribution in [2.75, 3.05) is 44.5 Å². The minimum absolute atomic E-state index is 0.0132. The number of carbonyl (C=O) groups is 1. The second-order valence-corrected chi connectivity index (χ2v) is 9.26. The molecule has 26 heavy (non-hydrogen) atoms. The van der Waals surface area contributed by atoms with Crippen LogP contribution in [-0.2, 0) is 14.6 Å². The van der Waals surface area contributed by atoms with Crippen molar-refractivity contribution in [2.24, 2.45) is 0 Å². The lowest BCUT2D eigenvalue weighted by Gasteiger charge is -2.34. The number of benzene rings is 1. The number of piperazine rings is 1. The number of nitrogens with zero attached hydrogens (tertiary/aromatic N) is 1. The number of quaternary nitrogens is 1. The average molecular weight is 379 g/mol. The molecular weight excluding hydrogens is 356 g/mol. The highest BCUT2D eigenvalue weighted by Gasteiger charge is 2.37. The fourth-order valence-corrected chi connectivity index (χ4v) is 5.65. The van der Waals surface area contributed by atoms with Crippen molar-refractivity contribution in [1.82, 2.24) is 4.90 Å². The topological polar surface area (TPSA) is 77.3 Å². The molecule has 2 fully saturated rings. The Morgan fingerprint density at radius 2 is 1.96 bits per heavy atom. The SMILES string of the molecule is O=C(/C=C/c1ccc2c(c1)OCO2)N1CC[NH+]([C@@H]2CCS(=O)(=O)C2)CC1. The molecule has 3 heterocycles. The van der Waals surface area contributed by atoms with Crippen LogP contribution in [0.5, 0.6) is 11.5 Å². The summed E-state index contributed by atoms with van der Waals surface area (Å²) in [6, 6.07) is 5.78. The molecule has 1 aromatic rings. The molecule has 0 spiro atoms. The number of hydrogen-bond acceptors (Lipinski definition) is 5. The summed E-state index contributed by atoms with van der Waals surface area (Å²) in [6.45, 7) is 3.18. The van der Waals surface area contributed by atoms with Crippen molar-refractivity contribution < 1.29 is 27.6 Å². The van der Waals surface area contributed by atoms with E-state index in [2.05, 4.69) is 0 Å². The molecule has 4 rings (SSSR count). The third kappa shape index (κ3) is 3.71. The number of amides is 1. The Balaban J connectivity index is 1.31. The third-order valence-corrected chi connectivity index (χ3v) is 7.11. The molecule has 3 aliphatic heterocycles. The first kappa shape index (κ1) is 17.4. The number of ether oxygens (including phenoxy) is 2. The Hall–Kier alpha value is -2.06. The fourth-order valence-electron chi connectivity index (χ4n) is 3.83. The van der Waals surface area contributed by atoms with Crippen LogP contribution < -0.4 is 14.4 Å². The predicted octanol–water partition coefficient (Wildman–Crippen LogP) is -0.657. The molecule has 1 atom stereocenters. The minimum atomic E-state index is -2.85. The van der Waals surface area contributed by atoms with Crippen LogP contribution in [0.2, 0.25) is 0 Å². The Kier molecular flexibility index (Phi) is 4.62. The van der Waals surface area contributed by atoms with E-state index in [0.717, 1.165) is 30.8 Å². The molecule has 0 bridgehead atoms. The van der Waals surface area contributed by atoms with E-state index < -0.39 is 9.84 Å². The van der Waals surface area contributed by atoms with E-state index in [0.29, 0.717) is 30.3 Å². The predicted molar refractivity (Wildman–Crippen MR) is 95.9 cm³/mol. The number of nitrogens with one attached hydrogen (secondary N) is 1. The molecule has 0 aromatic heterocycles. The quantitative estimate of drug-likeness (QED) is 0.706. The van der Waals surface area contributed by atoms with Gasteiger partial charge in [0.2, 0.25) is 12.7 Å². The van der Waals surface area contributed by atoms with E-state index in [1.165, 1.54) is 4.90 Å². The van der Waals surface area contributed by atoms with Crippen molar-refractivity contribution in [3.8, 4) is 11.5 Å². The lowest BCUT2D eigenvalue weighted by atomic mass is 10.1. The Morgan fingerprint density at radius 1 is 1.19 bits per heavy atom. The summed E-state index contributed by atoms with van der Waals surface area (Å²) in [7, 11) is -2.85. The van der Waals surface area contributed by atoms with Crippen LogP contribution in [0.4, 0.5) is 0 Å². The molecule has 140 valence electrons. The normalized spacial score (nSPS) is 25.1. The van der Waals surface area contributed by atoms with Crippen LogP contribution >= 0.6 is 0 Å². The highest BCUT2D eigenvalue weighted by molar-refractivity contribution is 7.91. The second-order valence-electron chi connectivity index (χ2n) is 7.03. The molecule has 1 N–H and O–H groups in total. The van der Waals surface area contributed by atoms with Crippen molar-refractivity contribution in [3.63, 3.8) is 0 Å². The number of hydrogen-bond donors (Lipinski definition) is 1. The monoisotopic (exact) mass is 379 g/mol. The fraction of sp³-hybridized carbons (Fsp3) is 0.500. The van der Waals surface area contributed by atoms with Crippen LogP contribution in [0.3, 0.4) is 0 Å². The number of sulfone groups is 1. The maximum absolute atomic E-state index is 12.4. The summed E-state index contributed by atoms with van der Waals surface area (Å²) in [6.07, 6.45) is 4.12. The summed E-state index contributed by atoms with van der Waals surface area (Å²) >= 11 is 0. The van der Waals surface area contributed by atoms with Gasteiger partial charge < -0.3 is 19.3 Å². The van der Waals surface area contributed by atoms with Crippen molar-refractivity contribution >= 4 is 21.8 Å². The first-order valence-corrected chi connectivity index (χ1v) is 10.7. The van der Waals surface area contributed by atoms with Crippen LogP contribution in [-0.4, -0.2) is 69.7 Å². The molecule has 0 saturated carbocycles. The largest absolute Gasteiger partial charge is 0.454 e. The van der Waals surface area contributed by atoms with Crippen molar-refractivity contribution in [3.05, 3.63) is 29.8 Å². The van der Waals surface area contributed by atoms with E-state index in [9.17, 15) is 13.2 Å². The summed E-state index contributed by atoms with van der Waals surface area (Å²) in [5.41, 5.74) is 0.892. The summed E-state index contributed by atoms with van der Waals surface area (Å²) < 4.78 is 33.9. The van der Waals surface area contributed by atoms with Crippen LogP contribution in [0.1, 0.15) is 12.0 Å². The molecule has 1 amide bonds. The van der Waals surface area contributed by atoms with Gasteiger partial charge in [-0.05, 0) is 23.8 Å². The number of carbonyl (C=O) groups excluding carboxylic acids is 1. The molecule has 1 aromatic carbocycles. The van der Waals surface area contributed by atoms with Crippen molar-refractivity contribution in [1.29, 1.82) is 0 Å². The molecule has 0 radical (unpaired) electrons. The van der Waals surface area contributed by atoms with Gasteiger partial charge >= 0.3 is 0 Å². The van der Waals surface area contributed by atoms with Gasteiger partial charge in [0.1, 0.15) is 11.8 Å². The maximum atomic E-state index is 12.4. The lowest BCUT2D eigenvalue weighted by molar-refractivity contribution is -0.925. The molecule has 0 unspecified atom stereocenters.